The minimum atomic E-state index is 0.168. The highest BCUT2D eigenvalue weighted by Crippen LogP contribution is 2.47. The van der Waals surface area contributed by atoms with Crippen molar-refractivity contribution in [1.82, 2.24) is 5.06 Å². The molecule has 0 aromatic heterocycles. The lowest BCUT2D eigenvalue weighted by Crippen LogP contribution is -2.46. The molecule has 3 heteroatoms. The fraction of sp³-hybridized carbons (Fsp3) is 0.588. The maximum atomic E-state index is 10.6. The minimum Gasteiger partial charge on any atom is -0.303 e. The van der Waals surface area contributed by atoms with E-state index in [1.807, 2.05) is 6.07 Å². The third-order valence-corrected chi connectivity index (χ3v) is 4.74. The van der Waals surface area contributed by atoms with E-state index in [9.17, 15) is 4.79 Å². The van der Waals surface area contributed by atoms with Gasteiger partial charge in [0, 0.05) is 24.9 Å². The number of unbranched alkanes of at least 4 members (excludes halogenated alkanes) is 1. The molecule has 2 aliphatic heterocycles. The van der Waals surface area contributed by atoms with E-state index in [4.69, 9.17) is 4.84 Å². The molecule has 0 saturated carbocycles. The molecule has 0 N–H and O–H groups in total. The third kappa shape index (κ3) is 2.65. The number of carbonyl (C=O) groups is 1. The zero-order valence-electron chi connectivity index (χ0n) is 12.0. The molecular weight excluding hydrogens is 250 g/mol. The summed E-state index contributed by atoms with van der Waals surface area (Å²) in [5.41, 5.74) is 1.44. The van der Waals surface area contributed by atoms with Crippen molar-refractivity contribution >= 4 is 6.29 Å². The summed E-state index contributed by atoms with van der Waals surface area (Å²) in [5, 5.41) is 2.24. The van der Waals surface area contributed by atoms with Gasteiger partial charge in [-0.2, -0.15) is 5.06 Å². The van der Waals surface area contributed by atoms with Gasteiger partial charge in [0.15, 0.2) is 0 Å². The maximum Gasteiger partial charge on any atom is 0.119 e. The second kappa shape index (κ2) is 6.06. The van der Waals surface area contributed by atoms with Gasteiger partial charge in [0.1, 0.15) is 12.4 Å². The van der Waals surface area contributed by atoms with Gasteiger partial charge < -0.3 is 4.79 Å². The van der Waals surface area contributed by atoms with Crippen molar-refractivity contribution in [3.05, 3.63) is 35.9 Å². The first kappa shape index (κ1) is 13.8. The average Bonchev–Trinajstić information content (AvgIpc) is 2.88. The quantitative estimate of drug-likeness (QED) is 0.605. The molecule has 0 amide bonds. The number of aldehydes is 1. The van der Waals surface area contributed by atoms with E-state index in [0.717, 1.165) is 32.1 Å². The first-order chi connectivity index (χ1) is 9.84. The van der Waals surface area contributed by atoms with Crippen LogP contribution in [0.2, 0.25) is 0 Å². The molecule has 3 nitrogen and oxygen atoms in total. The third-order valence-electron chi connectivity index (χ3n) is 4.74. The number of rotatable bonds is 5. The molecule has 2 aliphatic rings. The molecule has 2 saturated heterocycles. The van der Waals surface area contributed by atoms with Crippen molar-refractivity contribution in [3.63, 3.8) is 0 Å². The van der Waals surface area contributed by atoms with Crippen LogP contribution in [0.5, 0.6) is 0 Å². The van der Waals surface area contributed by atoms with Gasteiger partial charge in [-0.25, -0.2) is 0 Å². The molecule has 0 bridgehead atoms. The Kier molecular flexibility index (Phi) is 4.18. The van der Waals surface area contributed by atoms with E-state index in [1.165, 1.54) is 24.8 Å². The number of hydrogen-bond donors (Lipinski definition) is 0. The molecular formula is C17H23NO2. The van der Waals surface area contributed by atoms with Crippen LogP contribution < -0.4 is 0 Å². The standard InChI is InChI=1S/C17H23NO2/c19-13-7-5-11-17-10-4-6-12-18(17)20-16(14-17)15-8-2-1-3-9-15/h1-3,8-9,13,16H,4-7,10-12,14H2/t16-,17-/m1/s1. The topological polar surface area (TPSA) is 29.5 Å². The Morgan fingerprint density at radius 3 is 2.95 bits per heavy atom. The molecule has 1 aromatic carbocycles. The second-order valence-electron chi connectivity index (χ2n) is 6.05. The highest BCUT2D eigenvalue weighted by atomic mass is 16.7. The van der Waals surface area contributed by atoms with E-state index >= 15 is 0 Å². The lowest BCUT2D eigenvalue weighted by Gasteiger charge is -2.40. The van der Waals surface area contributed by atoms with Crippen LogP contribution in [0, 0.1) is 0 Å². The van der Waals surface area contributed by atoms with Gasteiger partial charge in [-0.1, -0.05) is 36.8 Å². The molecule has 3 rings (SSSR count). The van der Waals surface area contributed by atoms with Crippen LogP contribution in [0.15, 0.2) is 30.3 Å². The van der Waals surface area contributed by atoms with Gasteiger partial charge in [0.05, 0.1) is 0 Å². The van der Waals surface area contributed by atoms with Crippen molar-refractivity contribution in [2.24, 2.45) is 0 Å². The summed E-state index contributed by atoms with van der Waals surface area (Å²) in [4.78, 5) is 16.8. The second-order valence-corrected chi connectivity index (χ2v) is 6.05. The van der Waals surface area contributed by atoms with Gasteiger partial charge >= 0.3 is 0 Å². The van der Waals surface area contributed by atoms with E-state index in [2.05, 4.69) is 29.3 Å². The number of hydroxylamine groups is 2. The van der Waals surface area contributed by atoms with Gasteiger partial charge in [0.25, 0.3) is 0 Å². The van der Waals surface area contributed by atoms with Crippen LogP contribution in [0.1, 0.15) is 56.6 Å². The van der Waals surface area contributed by atoms with Crippen molar-refractivity contribution in [3.8, 4) is 0 Å². The number of carbonyl (C=O) groups excluding carboxylic acids is 1. The van der Waals surface area contributed by atoms with Crippen molar-refractivity contribution in [2.45, 2.75) is 56.6 Å². The van der Waals surface area contributed by atoms with Crippen molar-refractivity contribution < 1.29 is 9.63 Å². The largest absolute Gasteiger partial charge is 0.303 e. The molecule has 0 aliphatic carbocycles. The van der Waals surface area contributed by atoms with E-state index in [0.29, 0.717) is 6.42 Å². The van der Waals surface area contributed by atoms with Gasteiger partial charge in [-0.15, -0.1) is 0 Å². The number of fused-ring (bicyclic) bond motifs is 1. The Bertz CT molecular complexity index is 448. The van der Waals surface area contributed by atoms with E-state index in [-0.39, 0.29) is 11.6 Å². The van der Waals surface area contributed by atoms with Gasteiger partial charge in [-0.05, 0) is 31.2 Å². The first-order valence-electron chi connectivity index (χ1n) is 7.77. The summed E-state index contributed by atoms with van der Waals surface area (Å²) in [5.74, 6) is 0. The maximum absolute atomic E-state index is 10.6. The molecule has 0 radical (unpaired) electrons. The van der Waals surface area contributed by atoms with Crippen molar-refractivity contribution in [1.29, 1.82) is 0 Å². The van der Waals surface area contributed by atoms with Crippen LogP contribution in [-0.4, -0.2) is 23.4 Å². The molecule has 20 heavy (non-hydrogen) atoms. The predicted molar refractivity (Wildman–Crippen MR) is 78.1 cm³/mol. The van der Waals surface area contributed by atoms with Crippen LogP contribution in [0.4, 0.5) is 0 Å². The van der Waals surface area contributed by atoms with Gasteiger partial charge in [0.2, 0.25) is 0 Å². The smallest absolute Gasteiger partial charge is 0.119 e. The van der Waals surface area contributed by atoms with Gasteiger partial charge in [-0.3, -0.25) is 4.84 Å². The summed E-state index contributed by atoms with van der Waals surface area (Å²) in [7, 11) is 0. The zero-order valence-corrected chi connectivity index (χ0v) is 12.0. The highest BCUT2D eigenvalue weighted by molar-refractivity contribution is 5.49. The number of nitrogens with zero attached hydrogens (tertiary/aromatic N) is 1. The normalized spacial score (nSPS) is 30.1. The number of hydrogen-bond acceptors (Lipinski definition) is 3. The Morgan fingerprint density at radius 2 is 2.15 bits per heavy atom. The lowest BCUT2D eigenvalue weighted by atomic mass is 9.80. The lowest BCUT2D eigenvalue weighted by molar-refractivity contribution is -0.202. The first-order valence-corrected chi connectivity index (χ1v) is 7.77. The summed E-state index contributed by atoms with van der Waals surface area (Å²) in [6.45, 7) is 1.03. The number of benzene rings is 1. The Labute approximate surface area is 120 Å². The molecule has 0 spiro atoms. The van der Waals surface area contributed by atoms with Crippen LogP contribution >= 0.6 is 0 Å². The molecule has 1 aromatic rings. The summed E-state index contributed by atoms with van der Waals surface area (Å²) < 4.78 is 0. The van der Waals surface area contributed by atoms with Crippen LogP contribution in [0.25, 0.3) is 0 Å². The number of piperidine rings is 1. The molecule has 0 unspecified atom stereocenters. The SMILES string of the molecule is O=CCCC[C@@]12CCCCN1O[C@@H](c1ccccc1)C2. The molecule has 2 heterocycles. The molecule has 108 valence electrons. The minimum absolute atomic E-state index is 0.168. The molecule has 2 atom stereocenters. The summed E-state index contributed by atoms with van der Waals surface area (Å²) in [6.07, 6.45) is 8.72. The zero-order chi connectivity index (χ0) is 13.8. The average molecular weight is 273 g/mol. The van der Waals surface area contributed by atoms with E-state index < -0.39 is 0 Å². The Morgan fingerprint density at radius 1 is 1.30 bits per heavy atom. The van der Waals surface area contributed by atoms with E-state index in [1.54, 1.807) is 0 Å². The van der Waals surface area contributed by atoms with Crippen LogP contribution in [0.3, 0.4) is 0 Å². The Balaban J connectivity index is 1.75. The fourth-order valence-electron chi connectivity index (χ4n) is 3.69. The summed E-state index contributed by atoms with van der Waals surface area (Å²) in [6, 6.07) is 10.5. The monoisotopic (exact) mass is 273 g/mol. The Hall–Kier alpha value is -1.19. The summed E-state index contributed by atoms with van der Waals surface area (Å²) >= 11 is 0. The fourth-order valence-corrected chi connectivity index (χ4v) is 3.69. The predicted octanol–water partition coefficient (Wildman–Crippen LogP) is 3.66. The van der Waals surface area contributed by atoms with Crippen molar-refractivity contribution in [2.75, 3.05) is 6.54 Å². The highest BCUT2D eigenvalue weighted by Gasteiger charge is 2.47. The van der Waals surface area contributed by atoms with Crippen LogP contribution in [-0.2, 0) is 9.63 Å². The molecule has 2 fully saturated rings.